The van der Waals surface area contributed by atoms with Crippen LogP contribution in [0.25, 0.3) is 5.57 Å². The van der Waals surface area contributed by atoms with E-state index in [1.807, 2.05) is 19.1 Å². The zero-order valence-electron chi connectivity index (χ0n) is 10.8. The van der Waals surface area contributed by atoms with Gasteiger partial charge in [0.2, 0.25) is 0 Å². The van der Waals surface area contributed by atoms with Crippen molar-refractivity contribution in [2.75, 3.05) is 0 Å². The Labute approximate surface area is 110 Å². The summed E-state index contributed by atoms with van der Waals surface area (Å²) in [7, 11) is 0. The molecule has 0 aliphatic heterocycles. The first kappa shape index (κ1) is 13.9. The maximum absolute atomic E-state index is 4.30. The minimum absolute atomic E-state index is 1.00. The summed E-state index contributed by atoms with van der Waals surface area (Å²) in [6.07, 6.45) is 9.56. The van der Waals surface area contributed by atoms with Gasteiger partial charge >= 0.3 is 0 Å². The average Bonchev–Trinajstić information content (AvgIpc) is 2.32. The van der Waals surface area contributed by atoms with E-state index in [1.54, 1.807) is 0 Å². The molecule has 1 heteroatoms. The van der Waals surface area contributed by atoms with Crippen molar-refractivity contribution in [3.8, 4) is 0 Å². The first-order valence-corrected chi connectivity index (χ1v) is 6.41. The van der Waals surface area contributed by atoms with E-state index in [0.717, 1.165) is 11.3 Å². The normalized spacial score (nSPS) is 13.4. The van der Waals surface area contributed by atoms with Gasteiger partial charge < -0.3 is 0 Å². The summed E-state index contributed by atoms with van der Waals surface area (Å²) in [6.45, 7) is 6.33. The summed E-state index contributed by atoms with van der Waals surface area (Å²) in [5.74, 6) is 0. The number of thiol groups is 1. The van der Waals surface area contributed by atoms with Crippen LogP contribution in [-0.2, 0) is 0 Å². The van der Waals surface area contributed by atoms with Gasteiger partial charge in [0.1, 0.15) is 0 Å². The third kappa shape index (κ3) is 4.66. The molecule has 0 aliphatic carbocycles. The quantitative estimate of drug-likeness (QED) is 0.540. The molecule has 90 valence electrons. The Morgan fingerprint density at radius 1 is 1.18 bits per heavy atom. The smallest absolute Gasteiger partial charge is 0.00403 e. The van der Waals surface area contributed by atoms with E-state index in [0.29, 0.717) is 0 Å². The Morgan fingerprint density at radius 3 is 2.35 bits per heavy atom. The van der Waals surface area contributed by atoms with Crippen LogP contribution in [0.1, 0.15) is 32.8 Å². The molecular formula is C16H20S. The molecule has 0 nitrogen and oxygen atoms in total. The summed E-state index contributed by atoms with van der Waals surface area (Å²) < 4.78 is 0. The summed E-state index contributed by atoms with van der Waals surface area (Å²) in [6, 6.07) is 8.31. The molecule has 0 atom stereocenters. The first-order valence-electron chi connectivity index (χ1n) is 5.97. The second kappa shape index (κ2) is 7.18. The monoisotopic (exact) mass is 244 g/mol. The predicted molar refractivity (Wildman–Crippen MR) is 80.5 cm³/mol. The molecule has 0 aliphatic rings. The van der Waals surface area contributed by atoms with Crippen LogP contribution in [-0.4, -0.2) is 0 Å². The number of hydrogen-bond acceptors (Lipinski definition) is 1. The molecule has 1 aromatic rings. The van der Waals surface area contributed by atoms with Crippen LogP contribution in [0.15, 0.2) is 59.0 Å². The summed E-state index contributed by atoms with van der Waals surface area (Å²) in [5, 5.41) is 0. The maximum Gasteiger partial charge on any atom is 0.00403 e. The van der Waals surface area contributed by atoms with Crippen molar-refractivity contribution in [3.05, 3.63) is 59.7 Å². The van der Waals surface area contributed by atoms with Crippen molar-refractivity contribution >= 4 is 18.2 Å². The summed E-state index contributed by atoms with van der Waals surface area (Å²) >= 11 is 4.30. The van der Waals surface area contributed by atoms with Crippen LogP contribution in [0, 0.1) is 0 Å². The molecule has 0 aromatic heterocycles. The highest BCUT2D eigenvalue weighted by Crippen LogP contribution is 2.20. The van der Waals surface area contributed by atoms with Crippen molar-refractivity contribution in [3.63, 3.8) is 0 Å². The Morgan fingerprint density at radius 2 is 1.82 bits per heavy atom. The lowest BCUT2D eigenvalue weighted by Crippen LogP contribution is -1.82. The lowest BCUT2D eigenvalue weighted by atomic mass is 10.0. The Bertz CT molecular complexity index is 433. The highest BCUT2D eigenvalue weighted by molar-refractivity contribution is 7.80. The predicted octanol–water partition coefficient (Wildman–Crippen LogP) is 5.29. The van der Waals surface area contributed by atoms with Crippen molar-refractivity contribution < 1.29 is 0 Å². The van der Waals surface area contributed by atoms with E-state index in [4.69, 9.17) is 0 Å². The van der Waals surface area contributed by atoms with Crippen LogP contribution >= 0.6 is 12.6 Å². The standard InChI is InChI=1S/C16H20S/c1-4-6-13(3)7-8-14(5-2)15-9-11-16(17)12-10-15/h4,6-12,17H,5H2,1-3H3/b6-4+,13-7-,14-8+. The summed E-state index contributed by atoms with van der Waals surface area (Å²) in [5.41, 5.74) is 3.89. The fourth-order valence-corrected chi connectivity index (χ4v) is 1.79. The molecule has 1 rings (SSSR count). The molecule has 1 aromatic carbocycles. The van der Waals surface area contributed by atoms with E-state index in [2.05, 4.69) is 62.9 Å². The topological polar surface area (TPSA) is 0 Å². The molecule has 0 radical (unpaired) electrons. The molecule has 0 bridgehead atoms. The maximum atomic E-state index is 4.30. The van der Waals surface area contributed by atoms with Crippen molar-refractivity contribution in [2.24, 2.45) is 0 Å². The fourth-order valence-electron chi connectivity index (χ4n) is 1.64. The highest BCUT2D eigenvalue weighted by Gasteiger charge is 1.97. The zero-order chi connectivity index (χ0) is 12.7. The molecular weight excluding hydrogens is 224 g/mol. The van der Waals surface area contributed by atoms with Crippen molar-refractivity contribution in [1.29, 1.82) is 0 Å². The number of benzene rings is 1. The molecule has 0 N–H and O–H groups in total. The second-order valence-corrected chi connectivity index (χ2v) is 4.52. The van der Waals surface area contributed by atoms with Gasteiger partial charge in [-0.25, -0.2) is 0 Å². The third-order valence-corrected chi connectivity index (χ3v) is 2.89. The second-order valence-electron chi connectivity index (χ2n) is 4.00. The molecule has 0 spiro atoms. The lowest BCUT2D eigenvalue weighted by molar-refractivity contribution is 1.23. The van der Waals surface area contributed by atoms with E-state index < -0.39 is 0 Å². The number of rotatable bonds is 4. The van der Waals surface area contributed by atoms with Crippen LogP contribution in [0.5, 0.6) is 0 Å². The van der Waals surface area contributed by atoms with Gasteiger partial charge in [0.05, 0.1) is 0 Å². The van der Waals surface area contributed by atoms with Crippen LogP contribution in [0.4, 0.5) is 0 Å². The average molecular weight is 244 g/mol. The highest BCUT2D eigenvalue weighted by atomic mass is 32.1. The fraction of sp³-hybridized carbons (Fsp3) is 0.250. The molecule has 0 saturated carbocycles. The van der Waals surface area contributed by atoms with Crippen LogP contribution in [0.3, 0.4) is 0 Å². The molecule has 17 heavy (non-hydrogen) atoms. The van der Waals surface area contributed by atoms with Gasteiger partial charge in [-0.15, -0.1) is 12.6 Å². The van der Waals surface area contributed by atoms with Gasteiger partial charge in [-0.1, -0.05) is 48.9 Å². The molecule has 0 heterocycles. The minimum Gasteiger partial charge on any atom is -0.143 e. The molecule has 0 unspecified atom stereocenters. The van der Waals surface area contributed by atoms with Crippen molar-refractivity contribution in [2.45, 2.75) is 32.1 Å². The van der Waals surface area contributed by atoms with E-state index in [9.17, 15) is 0 Å². The van der Waals surface area contributed by atoms with Crippen LogP contribution in [0.2, 0.25) is 0 Å². The Kier molecular flexibility index (Phi) is 5.85. The number of hydrogen-bond donors (Lipinski definition) is 1. The van der Waals surface area contributed by atoms with Gasteiger partial charge in [0.25, 0.3) is 0 Å². The van der Waals surface area contributed by atoms with Crippen LogP contribution < -0.4 is 0 Å². The largest absolute Gasteiger partial charge is 0.143 e. The van der Waals surface area contributed by atoms with Gasteiger partial charge in [-0.3, -0.25) is 0 Å². The summed E-state index contributed by atoms with van der Waals surface area (Å²) in [4.78, 5) is 1.00. The van der Waals surface area contributed by atoms with E-state index in [1.165, 1.54) is 16.7 Å². The Hall–Kier alpha value is -1.21. The van der Waals surface area contributed by atoms with Gasteiger partial charge in [0.15, 0.2) is 0 Å². The van der Waals surface area contributed by atoms with E-state index >= 15 is 0 Å². The Balaban J connectivity index is 2.95. The minimum atomic E-state index is 1.00. The zero-order valence-corrected chi connectivity index (χ0v) is 11.7. The van der Waals surface area contributed by atoms with Gasteiger partial charge in [-0.2, -0.15) is 0 Å². The van der Waals surface area contributed by atoms with Crippen molar-refractivity contribution in [1.82, 2.24) is 0 Å². The molecule has 0 fully saturated rings. The molecule has 0 saturated heterocycles. The van der Waals surface area contributed by atoms with Gasteiger partial charge in [-0.05, 0) is 43.5 Å². The number of allylic oxidation sites excluding steroid dienone is 6. The van der Waals surface area contributed by atoms with E-state index in [-0.39, 0.29) is 0 Å². The first-order chi connectivity index (χ1) is 8.17. The third-order valence-electron chi connectivity index (χ3n) is 2.60. The SMILES string of the molecule is C/C=C/C(C)=C\C=C(/CC)c1ccc(S)cc1. The van der Waals surface area contributed by atoms with Gasteiger partial charge in [0, 0.05) is 4.90 Å². The molecule has 0 amide bonds. The lowest BCUT2D eigenvalue weighted by Gasteiger charge is -2.04.